The minimum Gasteiger partial charge on any atom is -0.114 e. The van der Waals surface area contributed by atoms with Crippen molar-refractivity contribution in [3.8, 4) is 0 Å². The molecule has 0 aliphatic heterocycles. The van der Waals surface area contributed by atoms with Gasteiger partial charge in [-0.3, -0.25) is 0 Å². The van der Waals surface area contributed by atoms with Crippen LogP contribution in [0.1, 0.15) is 22.3 Å². The molecule has 2 rings (SSSR count). The lowest BCUT2D eigenvalue weighted by atomic mass is 10.2. The van der Waals surface area contributed by atoms with Gasteiger partial charge in [-0.05, 0) is 39.8 Å². The molecule has 0 N–H and O–H groups in total. The normalized spacial score (nSPS) is 10.0. The number of rotatable bonds is 2. The lowest BCUT2D eigenvalue weighted by Gasteiger charge is -1.98. The van der Waals surface area contributed by atoms with E-state index in [0.29, 0.717) is 0 Å². The average Bonchev–Trinajstić information content (AvgIpc) is 2.25. The topological polar surface area (TPSA) is 0 Å². The molecule has 0 saturated carbocycles. The van der Waals surface area contributed by atoms with Crippen molar-refractivity contribution in [2.75, 3.05) is 0 Å². The molecule has 0 atom stereocenters. The van der Waals surface area contributed by atoms with Crippen molar-refractivity contribution in [3.05, 3.63) is 65.8 Å². The molecule has 0 bridgehead atoms. The fraction of sp³-hybridized carbons (Fsp3) is 0.250. The molecule has 0 aliphatic carbocycles. The molecule has 0 saturated heterocycles. The minimum atomic E-state index is -0.0403. The second-order valence-electron chi connectivity index (χ2n) is 4.60. The summed E-state index contributed by atoms with van der Waals surface area (Å²) in [5.41, 5.74) is 5.60. The predicted octanol–water partition coefficient (Wildman–Crippen LogP) is 1.63. The molecule has 0 spiro atoms. The van der Waals surface area contributed by atoms with Crippen molar-refractivity contribution in [2.45, 2.75) is 27.7 Å². The van der Waals surface area contributed by atoms with Gasteiger partial charge in [0.2, 0.25) is 0 Å². The molecule has 96 valence electrons. The van der Waals surface area contributed by atoms with E-state index in [4.69, 9.17) is 0 Å². The summed E-state index contributed by atoms with van der Waals surface area (Å²) in [5, 5.41) is 0. The van der Waals surface area contributed by atoms with Crippen molar-refractivity contribution < 1.29 is 21.2 Å². The Balaban J connectivity index is 0.00000162. The second-order valence-corrected chi connectivity index (χ2v) is 7.46. The highest BCUT2D eigenvalue weighted by Gasteiger charge is 2.20. The van der Waals surface area contributed by atoms with E-state index < -0.39 is 0 Å². The number of benzene rings is 2. The Morgan fingerprint density at radius 2 is 1.06 bits per heavy atom. The van der Waals surface area contributed by atoms with Crippen molar-refractivity contribution in [1.82, 2.24) is 0 Å². The molecule has 0 unspecified atom stereocenters. The van der Waals surface area contributed by atoms with Crippen molar-refractivity contribution in [3.63, 3.8) is 0 Å². The first-order chi connectivity index (χ1) is 8.06. The number of aryl methyl sites for hydroxylation is 4. The summed E-state index contributed by atoms with van der Waals surface area (Å²) in [6, 6.07) is 13.6. The Morgan fingerprint density at radius 1 is 0.667 bits per heavy atom. The van der Waals surface area contributed by atoms with Gasteiger partial charge in [0.25, 0.3) is 0 Å². The highest BCUT2D eigenvalue weighted by atomic mass is 127. The third kappa shape index (κ3) is 3.82. The molecule has 0 heterocycles. The van der Waals surface area contributed by atoms with E-state index in [0.717, 1.165) is 0 Å². The summed E-state index contributed by atoms with van der Waals surface area (Å²) in [4.78, 5) is 0. The Morgan fingerprint density at radius 3 is 1.39 bits per heavy atom. The van der Waals surface area contributed by atoms with Crippen LogP contribution in [0.3, 0.4) is 0 Å². The van der Waals surface area contributed by atoms with E-state index in [1.54, 1.807) is 7.14 Å². The molecule has 0 radical (unpaired) electrons. The summed E-state index contributed by atoms with van der Waals surface area (Å²) in [6.45, 7) is 8.77. The van der Waals surface area contributed by atoms with E-state index in [2.05, 4.69) is 64.1 Å². The van der Waals surface area contributed by atoms with Crippen molar-refractivity contribution >= 4 is 17.0 Å². The maximum Gasteiger partial charge on any atom is 0.358 e. The van der Waals surface area contributed by atoms with Gasteiger partial charge in [0.05, 0.1) is 0 Å². The van der Waals surface area contributed by atoms with E-state index in [1.807, 2.05) is 0 Å². The van der Waals surface area contributed by atoms with Crippen LogP contribution in [-0.2, 0) is 0 Å². The zero-order chi connectivity index (χ0) is 12.4. The molecule has 2 aromatic rings. The predicted molar refractivity (Wildman–Crippen MR) is 79.5 cm³/mol. The lowest BCUT2D eigenvalue weighted by Crippen LogP contribution is -3.62. The summed E-state index contributed by atoms with van der Waals surface area (Å²) in [7, 11) is 0. The van der Waals surface area contributed by atoms with E-state index in [1.165, 1.54) is 22.3 Å². The maximum atomic E-state index is 2.30. The SMILES string of the molecule is Br.Cc1ccc([I+]c2ccc(C)cc2C)c(C)c1. The Hall–Kier alpha value is -0.350. The van der Waals surface area contributed by atoms with Gasteiger partial charge in [-0.25, -0.2) is 0 Å². The molecule has 0 fully saturated rings. The van der Waals surface area contributed by atoms with Crippen molar-refractivity contribution in [1.29, 1.82) is 0 Å². The summed E-state index contributed by atoms with van der Waals surface area (Å²) in [5.74, 6) is 0. The maximum absolute atomic E-state index is 2.30. The molecular formula is C16H19BrI+. The molecular weight excluding hydrogens is 399 g/mol. The zero-order valence-electron chi connectivity index (χ0n) is 11.3. The zero-order valence-corrected chi connectivity index (χ0v) is 15.1. The molecule has 2 heteroatoms. The highest BCUT2D eigenvalue weighted by Crippen LogP contribution is 2.04. The monoisotopic (exact) mass is 417 g/mol. The molecule has 18 heavy (non-hydrogen) atoms. The second kappa shape index (κ2) is 6.71. The quantitative estimate of drug-likeness (QED) is 0.651. The summed E-state index contributed by atoms with van der Waals surface area (Å²) >= 11 is -0.0403. The van der Waals surface area contributed by atoms with E-state index in [-0.39, 0.29) is 38.2 Å². The average molecular weight is 418 g/mol. The minimum absolute atomic E-state index is 0. The summed E-state index contributed by atoms with van der Waals surface area (Å²) in [6.07, 6.45) is 0. The van der Waals surface area contributed by atoms with Crippen LogP contribution in [0.25, 0.3) is 0 Å². The third-order valence-electron chi connectivity index (χ3n) is 2.83. The van der Waals surface area contributed by atoms with Gasteiger partial charge in [-0.2, -0.15) is 0 Å². The first-order valence-corrected chi connectivity index (χ1v) is 8.01. The van der Waals surface area contributed by atoms with Crippen LogP contribution in [0, 0.1) is 34.8 Å². The Kier molecular flexibility index (Phi) is 5.86. The molecule has 0 aromatic heterocycles. The molecule has 0 amide bonds. The standard InChI is InChI=1S/C16H18I.BrH/c1-11-5-7-15(13(3)9-11)17-16-8-6-12(2)10-14(16)4;/h5-10H,1-4H3;1H/q+1;. The van der Waals surface area contributed by atoms with Crippen LogP contribution in [0.15, 0.2) is 36.4 Å². The third-order valence-corrected chi connectivity index (χ3v) is 6.41. The molecule has 0 aliphatic rings. The van der Waals surface area contributed by atoms with Gasteiger partial charge in [0.1, 0.15) is 0 Å². The first kappa shape index (κ1) is 15.7. The smallest absolute Gasteiger partial charge is 0.114 e. The number of hydrogen-bond donors (Lipinski definition) is 0. The largest absolute Gasteiger partial charge is 0.358 e. The summed E-state index contributed by atoms with van der Waals surface area (Å²) < 4.78 is 3.09. The van der Waals surface area contributed by atoms with Gasteiger partial charge in [0, 0.05) is 11.1 Å². The van der Waals surface area contributed by atoms with Crippen molar-refractivity contribution in [2.24, 2.45) is 0 Å². The van der Waals surface area contributed by atoms with Gasteiger partial charge in [-0.1, -0.05) is 35.4 Å². The van der Waals surface area contributed by atoms with E-state index >= 15 is 0 Å². The van der Waals surface area contributed by atoms with Crippen LogP contribution in [-0.4, -0.2) is 0 Å². The number of halogens is 2. The highest BCUT2D eigenvalue weighted by molar-refractivity contribution is 8.93. The van der Waals surface area contributed by atoms with Crippen LogP contribution in [0.2, 0.25) is 0 Å². The molecule has 2 aromatic carbocycles. The molecule has 0 nitrogen and oxygen atoms in total. The Bertz CT molecular complexity index is 497. The number of hydrogen-bond acceptors (Lipinski definition) is 0. The van der Waals surface area contributed by atoms with Gasteiger partial charge < -0.3 is 0 Å². The van der Waals surface area contributed by atoms with Crippen LogP contribution < -0.4 is 21.2 Å². The van der Waals surface area contributed by atoms with E-state index in [9.17, 15) is 0 Å². The first-order valence-electron chi connectivity index (χ1n) is 5.85. The van der Waals surface area contributed by atoms with Gasteiger partial charge >= 0.3 is 21.2 Å². The van der Waals surface area contributed by atoms with Crippen LogP contribution >= 0.6 is 17.0 Å². The van der Waals surface area contributed by atoms with Crippen LogP contribution in [0.5, 0.6) is 0 Å². The fourth-order valence-electron chi connectivity index (χ4n) is 1.91. The lowest BCUT2D eigenvalue weighted by molar-refractivity contribution is -0.598. The van der Waals surface area contributed by atoms with Gasteiger partial charge in [-0.15, -0.1) is 17.0 Å². The van der Waals surface area contributed by atoms with Gasteiger partial charge in [0.15, 0.2) is 7.14 Å². The van der Waals surface area contributed by atoms with Crippen LogP contribution in [0.4, 0.5) is 0 Å². The Labute approximate surface area is 131 Å². The fourth-order valence-corrected chi connectivity index (χ4v) is 4.42.